The lowest BCUT2D eigenvalue weighted by Crippen LogP contribution is -2.26. The number of halogens is 1. The van der Waals surface area contributed by atoms with Crippen molar-refractivity contribution < 1.29 is 23.5 Å². The number of rotatable bonds is 9. The number of nitriles is 1. The molecule has 1 amide bonds. The van der Waals surface area contributed by atoms with Gasteiger partial charge in [-0.1, -0.05) is 6.07 Å². The summed E-state index contributed by atoms with van der Waals surface area (Å²) in [5.41, 5.74) is 2.22. The highest BCUT2D eigenvalue weighted by molar-refractivity contribution is 6.10. The molecule has 0 fully saturated rings. The van der Waals surface area contributed by atoms with Crippen LogP contribution in [0, 0.1) is 17.1 Å². The van der Waals surface area contributed by atoms with Crippen LogP contribution in [-0.4, -0.2) is 36.6 Å². The number of ketones is 1. The highest BCUT2D eigenvalue weighted by Gasteiger charge is 2.20. The molecule has 0 aliphatic heterocycles. The summed E-state index contributed by atoms with van der Waals surface area (Å²) in [5.74, 6) is -1.78. The lowest BCUT2D eigenvalue weighted by molar-refractivity contribution is -0.118. The number of methoxy groups -OCH3 is 1. The third kappa shape index (κ3) is 5.50. The number of carbonyl (C=O) groups is 2. The maximum atomic E-state index is 14.1. The molecule has 0 radical (unpaired) electrons. The molecule has 0 atom stereocenters. The van der Waals surface area contributed by atoms with E-state index in [1.54, 1.807) is 6.07 Å². The molecule has 1 aromatic heterocycles. The zero-order chi connectivity index (χ0) is 25.7. The molecular weight excluding hydrogens is 465 g/mol. The molecule has 2 aromatic carbocycles. The first-order valence-electron chi connectivity index (χ1n) is 11.4. The van der Waals surface area contributed by atoms with Crippen LogP contribution in [0.1, 0.15) is 39.0 Å². The molecule has 184 valence electrons. The van der Waals surface area contributed by atoms with Crippen molar-refractivity contribution in [2.24, 2.45) is 0 Å². The van der Waals surface area contributed by atoms with Crippen molar-refractivity contribution in [1.82, 2.24) is 4.57 Å². The van der Waals surface area contributed by atoms with Crippen LogP contribution >= 0.6 is 0 Å². The fraction of sp³-hybridized carbons (Fsp3) is 0.259. The van der Waals surface area contributed by atoms with Crippen molar-refractivity contribution in [3.8, 4) is 11.8 Å². The summed E-state index contributed by atoms with van der Waals surface area (Å²) >= 11 is 0. The molecule has 1 heterocycles. The minimum Gasteiger partial charge on any atom is -0.483 e. The lowest BCUT2D eigenvalue weighted by Gasteiger charge is -2.13. The zero-order valence-corrected chi connectivity index (χ0v) is 19.7. The second-order valence-electron chi connectivity index (χ2n) is 8.39. The highest BCUT2D eigenvalue weighted by Crippen LogP contribution is 2.26. The summed E-state index contributed by atoms with van der Waals surface area (Å²) < 4.78 is 25.8. The average molecular weight is 490 g/mol. The molecule has 0 unspecified atom stereocenters. The van der Waals surface area contributed by atoms with Crippen molar-refractivity contribution in [2.75, 3.05) is 25.6 Å². The van der Waals surface area contributed by atoms with E-state index < -0.39 is 29.7 Å². The smallest absolute Gasteiger partial charge is 0.268 e. The highest BCUT2D eigenvalue weighted by atomic mass is 19.1. The van der Waals surface area contributed by atoms with Crippen LogP contribution in [0.4, 0.5) is 10.1 Å². The maximum Gasteiger partial charge on any atom is 0.268 e. The Kier molecular flexibility index (Phi) is 7.56. The van der Waals surface area contributed by atoms with E-state index in [2.05, 4.69) is 5.32 Å². The Bertz CT molecular complexity index is 1420. The van der Waals surface area contributed by atoms with Gasteiger partial charge in [-0.05, 0) is 66.8 Å². The average Bonchev–Trinajstić information content (AvgIpc) is 3.35. The van der Waals surface area contributed by atoms with Gasteiger partial charge in [-0.2, -0.15) is 5.26 Å². The van der Waals surface area contributed by atoms with Crippen molar-refractivity contribution in [3.05, 3.63) is 92.6 Å². The van der Waals surface area contributed by atoms with Crippen LogP contribution in [0.5, 0.6) is 5.75 Å². The normalized spacial score (nSPS) is 12.0. The van der Waals surface area contributed by atoms with E-state index in [-0.39, 0.29) is 35.6 Å². The van der Waals surface area contributed by atoms with E-state index >= 15 is 0 Å². The van der Waals surface area contributed by atoms with Gasteiger partial charge in [0, 0.05) is 31.1 Å². The molecule has 0 bridgehead atoms. The number of hydrogen-bond donors (Lipinski definition) is 1. The molecule has 3 aromatic rings. The summed E-state index contributed by atoms with van der Waals surface area (Å²) in [4.78, 5) is 38.1. The lowest BCUT2D eigenvalue weighted by atomic mass is 10.0. The Labute approximate surface area is 206 Å². The molecular formula is C27H24FN3O5. The minimum absolute atomic E-state index is 0.000274. The SMILES string of the molecule is COCCn1cc(C(=O)c2cc(F)ccc2OCC(=O)Nc2ccc3c(c2)CCC3)cc(C#N)c1=O. The molecule has 0 saturated carbocycles. The van der Waals surface area contributed by atoms with Gasteiger partial charge in [0.15, 0.2) is 12.4 Å². The molecule has 0 saturated heterocycles. The molecule has 8 nitrogen and oxygen atoms in total. The van der Waals surface area contributed by atoms with Crippen molar-refractivity contribution in [3.63, 3.8) is 0 Å². The number of ether oxygens (including phenoxy) is 2. The van der Waals surface area contributed by atoms with Crippen LogP contribution in [0.2, 0.25) is 0 Å². The van der Waals surface area contributed by atoms with Gasteiger partial charge in [-0.15, -0.1) is 0 Å². The number of carbonyl (C=O) groups excluding carboxylic acids is 2. The van der Waals surface area contributed by atoms with Crippen molar-refractivity contribution in [2.45, 2.75) is 25.8 Å². The van der Waals surface area contributed by atoms with E-state index in [0.29, 0.717) is 5.69 Å². The van der Waals surface area contributed by atoms with Crippen molar-refractivity contribution in [1.29, 1.82) is 5.26 Å². The van der Waals surface area contributed by atoms with Gasteiger partial charge in [0.25, 0.3) is 11.5 Å². The van der Waals surface area contributed by atoms with Crippen LogP contribution in [0.25, 0.3) is 0 Å². The maximum absolute atomic E-state index is 14.1. The Hall–Kier alpha value is -4.29. The fourth-order valence-electron chi connectivity index (χ4n) is 4.15. The topological polar surface area (TPSA) is 110 Å². The van der Waals surface area contributed by atoms with Crippen molar-refractivity contribution >= 4 is 17.4 Å². The second kappa shape index (κ2) is 11.0. The van der Waals surface area contributed by atoms with Gasteiger partial charge in [0.05, 0.1) is 12.2 Å². The first-order chi connectivity index (χ1) is 17.4. The number of aromatic nitrogens is 1. The van der Waals surface area contributed by atoms with E-state index in [0.717, 1.165) is 37.5 Å². The Morgan fingerprint density at radius 1 is 1.14 bits per heavy atom. The van der Waals surface area contributed by atoms with Gasteiger partial charge in [0.2, 0.25) is 0 Å². The number of nitrogens with zero attached hydrogens (tertiary/aromatic N) is 2. The summed E-state index contributed by atoms with van der Waals surface area (Å²) in [6, 6.07) is 12.1. The Morgan fingerprint density at radius 2 is 1.94 bits per heavy atom. The van der Waals surface area contributed by atoms with E-state index in [1.165, 1.54) is 35.1 Å². The summed E-state index contributed by atoms with van der Waals surface area (Å²) in [5, 5.41) is 12.1. The standard InChI is InChI=1S/C27H24FN3O5/c1-35-10-9-31-15-20(11-19(14-29)27(31)34)26(33)23-13-21(28)6-8-24(23)36-16-25(32)30-22-7-5-17-3-2-4-18(17)12-22/h5-8,11-13,15H,2-4,9-10,16H2,1H3,(H,30,32). The van der Waals surface area contributed by atoms with Gasteiger partial charge in [-0.3, -0.25) is 14.4 Å². The predicted octanol–water partition coefficient (Wildman–Crippen LogP) is 3.24. The third-order valence-electron chi connectivity index (χ3n) is 5.93. The van der Waals surface area contributed by atoms with Gasteiger partial charge < -0.3 is 19.4 Å². The number of nitrogens with one attached hydrogen (secondary N) is 1. The van der Waals surface area contributed by atoms with Crippen LogP contribution in [-0.2, 0) is 28.9 Å². The first-order valence-corrected chi connectivity index (χ1v) is 11.4. The molecule has 9 heteroatoms. The summed E-state index contributed by atoms with van der Waals surface area (Å²) in [6.45, 7) is -0.0869. The largest absolute Gasteiger partial charge is 0.483 e. The Morgan fingerprint density at radius 3 is 2.72 bits per heavy atom. The second-order valence-corrected chi connectivity index (χ2v) is 8.39. The number of hydrogen-bond acceptors (Lipinski definition) is 6. The van der Waals surface area contributed by atoms with Crippen LogP contribution < -0.4 is 15.6 Å². The molecule has 4 rings (SSSR count). The van der Waals surface area contributed by atoms with E-state index in [1.807, 2.05) is 18.2 Å². The molecule has 36 heavy (non-hydrogen) atoms. The van der Waals surface area contributed by atoms with Crippen LogP contribution in [0.15, 0.2) is 53.5 Å². The number of amides is 1. The van der Waals surface area contributed by atoms with Crippen LogP contribution in [0.3, 0.4) is 0 Å². The number of benzene rings is 2. The first kappa shape index (κ1) is 24.8. The zero-order valence-electron chi connectivity index (χ0n) is 19.7. The summed E-state index contributed by atoms with van der Waals surface area (Å²) in [7, 11) is 1.46. The number of aryl methyl sites for hydroxylation is 2. The summed E-state index contributed by atoms with van der Waals surface area (Å²) in [6.07, 6.45) is 4.40. The molecule has 1 aliphatic rings. The monoisotopic (exact) mass is 489 g/mol. The van der Waals surface area contributed by atoms with E-state index in [9.17, 15) is 24.0 Å². The number of anilines is 1. The van der Waals surface area contributed by atoms with Gasteiger partial charge in [-0.25, -0.2) is 4.39 Å². The number of pyridine rings is 1. The minimum atomic E-state index is -0.679. The molecule has 1 aliphatic carbocycles. The quantitative estimate of drug-likeness (QED) is 0.462. The predicted molar refractivity (Wildman–Crippen MR) is 130 cm³/mol. The molecule has 1 N–H and O–H groups in total. The van der Waals surface area contributed by atoms with Gasteiger partial charge >= 0.3 is 0 Å². The Balaban J connectivity index is 1.53. The number of fused-ring (bicyclic) bond motifs is 1. The third-order valence-corrected chi connectivity index (χ3v) is 5.93. The van der Waals surface area contributed by atoms with Gasteiger partial charge in [0.1, 0.15) is 23.2 Å². The van der Waals surface area contributed by atoms with E-state index in [4.69, 9.17) is 9.47 Å². The fourth-order valence-corrected chi connectivity index (χ4v) is 4.15. The molecule has 0 spiro atoms.